The van der Waals surface area contributed by atoms with Crippen LogP contribution in [0.25, 0.3) is 6.08 Å². The van der Waals surface area contributed by atoms with Gasteiger partial charge in [0.15, 0.2) is 0 Å². The molecule has 0 amide bonds. The van der Waals surface area contributed by atoms with E-state index in [9.17, 15) is 18.5 Å². The minimum absolute atomic E-state index is 0.0235. The average molecular weight is 401 g/mol. The summed E-state index contributed by atoms with van der Waals surface area (Å²) in [6.07, 6.45) is 1.60. The fourth-order valence-corrected chi connectivity index (χ4v) is 4.44. The summed E-state index contributed by atoms with van der Waals surface area (Å²) >= 11 is 0. The van der Waals surface area contributed by atoms with Crippen LogP contribution in [-0.2, 0) is 10.0 Å². The summed E-state index contributed by atoms with van der Waals surface area (Å²) < 4.78 is 26.6. The molecule has 1 heterocycles. The molecular formula is C20H23N3O4S. The van der Waals surface area contributed by atoms with Crippen molar-refractivity contribution in [3.8, 4) is 0 Å². The lowest BCUT2D eigenvalue weighted by Gasteiger charge is -2.37. The number of rotatable bonds is 6. The predicted octanol–water partition coefficient (Wildman–Crippen LogP) is 3.27. The fraction of sp³-hybridized carbons (Fsp3) is 0.300. The largest absolute Gasteiger partial charge is 0.294 e. The minimum atomic E-state index is -3.48. The Morgan fingerprint density at radius 1 is 1.04 bits per heavy atom. The van der Waals surface area contributed by atoms with Crippen molar-refractivity contribution in [3.63, 3.8) is 0 Å². The molecule has 2 aromatic rings. The smallest absolute Gasteiger partial charge is 0.269 e. The summed E-state index contributed by atoms with van der Waals surface area (Å²) in [6, 6.07) is 15.9. The number of hydrogen-bond acceptors (Lipinski definition) is 5. The Morgan fingerprint density at radius 3 is 2.36 bits per heavy atom. The van der Waals surface area contributed by atoms with Crippen LogP contribution in [0.1, 0.15) is 24.1 Å². The van der Waals surface area contributed by atoms with E-state index in [0.29, 0.717) is 26.2 Å². The van der Waals surface area contributed by atoms with Gasteiger partial charge in [-0.1, -0.05) is 42.5 Å². The molecular weight excluding hydrogens is 378 g/mol. The molecule has 0 unspecified atom stereocenters. The summed E-state index contributed by atoms with van der Waals surface area (Å²) in [4.78, 5) is 12.7. The molecule has 0 saturated carbocycles. The van der Waals surface area contributed by atoms with Crippen LogP contribution in [0.5, 0.6) is 0 Å². The van der Waals surface area contributed by atoms with Crippen LogP contribution in [0.3, 0.4) is 0 Å². The average Bonchev–Trinajstić information content (AvgIpc) is 2.73. The zero-order valence-corrected chi connectivity index (χ0v) is 16.5. The third-order valence-corrected chi connectivity index (χ3v) is 6.54. The maximum Gasteiger partial charge on any atom is 0.269 e. The first-order chi connectivity index (χ1) is 13.4. The quantitative estimate of drug-likeness (QED) is 0.548. The highest BCUT2D eigenvalue weighted by Crippen LogP contribution is 2.25. The van der Waals surface area contributed by atoms with Gasteiger partial charge in [-0.15, -0.1) is 0 Å². The van der Waals surface area contributed by atoms with Crippen LogP contribution in [0.4, 0.5) is 5.69 Å². The van der Waals surface area contributed by atoms with Crippen molar-refractivity contribution in [1.29, 1.82) is 0 Å². The summed E-state index contributed by atoms with van der Waals surface area (Å²) in [6.45, 7) is 3.91. The first-order valence-corrected chi connectivity index (χ1v) is 10.6. The number of nitro groups is 1. The molecule has 1 atom stereocenters. The Balaban J connectivity index is 1.63. The Morgan fingerprint density at radius 2 is 1.71 bits per heavy atom. The van der Waals surface area contributed by atoms with Gasteiger partial charge in [0.1, 0.15) is 0 Å². The Hall–Kier alpha value is -2.55. The molecule has 0 aromatic heterocycles. The number of nitrogens with zero attached hydrogens (tertiary/aromatic N) is 3. The molecule has 2 aromatic carbocycles. The van der Waals surface area contributed by atoms with E-state index in [1.807, 2.05) is 43.3 Å². The van der Waals surface area contributed by atoms with Crippen molar-refractivity contribution in [2.75, 3.05) is 26.2 Å². The van der Waals surface area contributed by atoms with E-state index in [2.05, 4.69) is 4.90 Å². The van der Waals surface area contributed by atoms with E-state index in [4.69, 9.17) is 0 Å². The van der Waals surface area contributed by atoms with Gasteiger partial charge in [-0.05, 0) is 24.1 Å². The number of sulfonamides is 1. The van der Waals surface area contributed by atoms with Crippen molar-refractivity contribution >= 4 is 21.8 Å². The van der Waals surface area contributed by atoms with Gasteiger partial charge in [-0.2, -0.15) is 4.31 Å². The van der Waals surface area contributed by atoms with E-state index < -0.39 is 14.9 Å². The number of nitro benzene ring substituents is 1. The lowest BCUT2D eigenvalue weighted by Crippen LogP contribution is -2.48. The fourth-order valence-electron chi connectivity index (χ4n) is 3.27. The van der Waals surface area contributed by atoms with Crippen LogP contribution in [0.15, 0.2) is 60.0 Å². The molecule has 1 aliphatic heterocycles. The topological polar surface area (TPSA) is 83.8 Å². The highest BCUT2D eigenvalue weighted by atomic mass is 32.2. The van der Waals surface area contributed by atoms with E-state index >= 15 is 0 Å². The molecule has 0 bridgehead atoms. The van der Waals surface area contributed by atoms with Gasteiger partial charge in [0, 0.05) is 49.8 Å². The number of hydrogen-bond donors (Lipinski definition) is 0. The summed E-state index contributed by atoms with van der Waals surface area (Å²) in [5.41, 5.74) is 1.76. The molecule has 0 spiro atoms. The third kappa shape index (κ3) is 4.83. The molecule has 0 aliphatic carbocycles. The molecule has 1 fully saturated rings. The van der Waals surface area contributed by atoms with Gasteiger partial charge >= 0.3 is 0 Å². The van der Waals surface area contributed by atoms with E-state index in [1.54, 1.807) is 18.2 Å². The molecule has 148 valence electrons. The Kier molecular flexibility index (Phi) is 6.23. The molecule has 3 rings (SSSR count). The van der Waals surface area contributed by atoms with Crippen LogP contribution in [0.2, 0.25) is 0 Å². The molecule has 8 heteroatoms. The lowest BCUT2D eigenvalue weighted by molar-refractivity contribution is -0.385. The number of piperazine rings is 1. The first-order valence-electron chi connectivity index (χ1n) is 9.08. The monoisotopic (exact) mass is 401 g/mol. The van der Waals surface area contributed by atoms with Gasteiger partial charge in [0.05, 0.1) is 4.92 Å². The van der Waals surface area contributed by atoms with Crippen LogP contribution in [0, 0.1) is 10.1 Å². The van der Waals surface area contributed by atoms with Gasteiger partial charge in [0.25, 0.3) is 5.69 Å². The highest BCUT2D eigenvalue weighted by Gasteiger charge is 2.28. The highest BCUT2D eigenvalue weighted by molar-refractivity contribution is 7.92. The van der Waals surface area contributed by atoms with Gasteiger partial charge in [-0.25, -0.2) is 8.42 Å². The lowest BCUT2D eigenvalue weighted by atomic mass is 10.1. The minimum Gasteiger partial charge on any atom is -0.294 e. The van der Waals surface area contributed by atoms with Crippen molar-refractivity contribution in [3.05, 3.63) is 81.2 Å². The zero-order valence-electron chi connectivity index (χ0n) is 15.6. The maximum absolute atomic E-state index is 12.6. The maximum atomic E-state index is 12.6. The Bertz CT molecular complexity index is 952. The third-order valence-electron chi connectivity index (χ3n) is 4.98. The van der Waals surface area contributed by atoms with Crippen molar-refractivity contribution in [2.24, 2.45) is 0 Å². The summed E-state index contributed by atoms with van der Waals surface area (Å²) in [5, 5.41) is 12.2. The standard InChI is InChI=1S/C20H23N3O4S/c1-17(19-8-5-9-20(16-19)23(24)25)21-11-13-22(14-12-21)28(26,27)15-10-18-6-3-2-4-7-18/h2-10,15-17H,11-14H2,1H3/b15-10+/t17-/m0/s1. The van der Waals surface area contributed by atoms with Gasteiger partial charge in [0.2, 0.25) is 10.0 Å². The predicted molar refractivity (Wildman–Crippen MR) is 109 cm³/mol. The summed E-state index contributed by atoms with van der Waals surface area (Å²) in [5.74, 6) is 0. The molecule has 0 N–H and O–H groups in total. The second kappa shape index (κ2) is 8.64. The molecule has 28 heavy (non-hydrogen) atoms. The van der Waals surface area contributed by atoms with Crippen molar-refractivity contribution in [2.45, 2.75) is 13.0 Å². The second-order valence-corrected chi connectivity index (χ2v) is 8.54. The van der Waals surface area contributed by atoms with Gasteiger partial charge < -0.3 is 0 Å². The SMILES string of the molecule is C[C@@H](c1cccc([N+](=O)[O-])c1)N1CCN(S(=O)(=O)/C=C/c2ccccc2)CC1. The van der Waals surface area contributed by atoms with Crippen LogP contribution < -0.4 is 0 Å². The van der Waals surface area contributed by atoms with E-state index in [0.717, 1.165) is 11.1 Å². The molecule has 1 saturated heterocycles. The first kappa shape index (κ1) is 20.2. The Labute approximate surface area is 165 Å². The summed E-state index contributed by atoms with van der Waals surface area (Å²) in [7, 11) is -3.48. The number of non-ortho nitro benzene ring substituents is 1. The van der Waals surface area contributed by atoms with E-state index in [1.165, 1.54) is 15.8 Å². The second-order valence-electron chi connectivity index (χ2n) is 6.72. The van der Waals surface area contributed by atoms with Crippen LogP contribution >= 0.6 is 0 Å². The van der Waals surface area contributed by atoms with E-state index in [-0.39, 0.29) is 11.7 Å². The molecule has 0 radical (unpaired) electrons. The van der Waals surface area contributed by atoms with Gasteiger partial charge in [-0.3, -0.25) is 15.0 Å². The van der Waals surface area contributed by atoms with Crippen LogP contribution in [-0.4, -0.2) is 48.7 Å². The molecule has 1 aliphatic rings. The normalized spacial score (nSPS) is 17.6. The molecule has 7 nitrogen and oxygen atoms in total. The van der Waals surface area contributed by atoms with Crippen molar-refractivity contribution in [1.82, 2.24) is 9.21 Å². The number of benzene rings is 2. The zero-order chi connectivity index (χ0) is 20.1. The van der Waals surface area contributed by atoms with Crippen molar-refractivity contribution < 1.29 is 13.3 Å².